The number of thioether (sulfide) groups is 1. The molecule has 1 aliphatic carbocycles. The summed E-state index contributed by atoms with van der Waals surface area (Å²) in [7, 11) is 0. The van der Waals surface area contributed by atoms with Gasteiger partial charge in [0.2, 0.25) is 0 Å². The first-order valence-corrected chi connectivity index (χ1v) is 8.66. The minimum atomic E-state index is 0.785. The molecule has 0 saturated carbocycles. The first-order valence-electron chi connectivity index (χ1n) is 6.86. The van der Waals surface area contributed by atoms with Gasteiger partial charge in [-0.3, -0.25) is 0 Å². The lowest BCUT2D eigenvalue weighted by Crippen LogP contribution is -2.00. The van der Waals surface area contributed by atoms with E-state index >= 15 is 0 Å². The predicted molar refractivity (Wildman–Crippen MR) is 81.3 cm³/mol. The highest BCUT2D eigenvalue weighted by Crippen LogP contribution is 2.39. The number of ether oxygens (including phenoxy) is 1. The average molecular weight is 294 g/mol. The third-order valence-electron chi connectivity index (χ3n) is 3.39. The number of hydrogen-bond donors (Lipinski definition) is 0. The summed E-state index contributed by atoms with van der Waals surface area (Å²) < 4.78 is 5.40. The zero-order valence-corrected chi connectivity index (χ0v) is 12.8. The van der Waals surface area contributed by atoms with Gasteiger partial charge in [0.1, 0.15) is 16.2 Å². The second-order valence-electron chi connectivity index (χ2n) is 4.62. The first kappa shape index (κ1) is 13.3. The minimum absolute atomic E-state index is 0.785. The van der Waals surface area contributed by atoms with E-state index < -0.39 is 0 Å². The smallest absolute Gasteiger partial charge is 0.128 e. The molecule has 0 fully saturated rings. The van der Waals surface area contributed by atoms with Crippen molar-refractivity contribution in [2.45, 2.75) is 37.6 Å². The molecule has 0 saturated heterocycles. The molecule has 3 nitrogen and oxygen atoms in total. The topological polar surface area (TPSA) is 35.0 Å². The van der Waals surface area contributed by atoms with Gasteiger partial charge in [-0.05, 0) is 38.2 Å². The molecule has 19 heavy (non-hydrogen) atoms. The molecule has 0 aromatic carbocycles. The molecule has 0 amide bonds. The summed E-state index contributed by atoms with van der Waals surface area (Å²) in [6.07, 6.45) is 6.74. The molecule has 5 heteroatoms. The van der Waals surface area contributed by atoms with Crippen LogP contribution in [0.4, 0.5) is 0 Å². The van der Waals surface area contributed by atoms with E-state index in [9.17, 15) is 0 Å². The predicted octanol–water partition coefficient (Wildman–Crippen LogP) is 3.70. The van der Waals surface area contributed by atoms with Crippen LogP contribution in [0.25, 0.3) is 10.2 Å². The fourth-order valence-electron chi connectivity index (χ4n) is 2.51. The number of hydrogen-bond acceptors (Lipinski definition) is 5. The zero-order valence-electron chi connectivity index (χ0n) is 11.1. The van der Waals surface area contributed by atoms with Crippen molar-refractivity contribution in [1.29, 1.82) is 0 Å². The van der Waals surface area contributed by atoms with Crippen molar-refractivity contribution in [2.75, 3.05) is 19.0 Å². The SMILES string of the molecule is CCOCCSc1ncnc2sc3c(c12)CCCC3. The average Bonchev–Trinajstić information content (AvgIpc) is 2.83. The van der Waals surface area contributed by atoms with Crippen LogP contribution in [-0.2, 0) is 17.6 Å². The van der Waals surface area contributed by atoms with E-state index in [1.54, 1.807) is 18.1 Å². The zero-order chi connectivity index (χ0) is 13.1. The Balaban J connectivity index is 1.88. The van der Waals surface area contributed by atoms with Crippen LogP contribution in [0.2, 0.25) is 0 Å². The Hall–Kier alpha value is -0.650. The molecular formula is C14H18N2OS2. The van der Waals surface area contributed by atoms with Crippen LogP contribution in [-0.4, -0.2) is 28.9 Å². The fourth-order valence-corrected chi connectivity index (χ4v) is 4.69. The van der Waals surface area contributed by atoms with Gasteiger partial charge in [0.15, 0.2) is 0 Å². The minimum Gasteiger partial charge on any atom is -0.381 e. The van der Waals surface area contributed by atoms with Gasteiger partial charge in [-0.2, -0.15) is 0 Å². The number of aromatic nitrogens is 2. The lowest BCUT2D eigenvalue weighted by Gasteiger charge is -2.11. The Morgan fingerprint density at radius 3 is 3.11 bits per heavy atom. The van der Waals surface area contributed by atoms with Crippen molar-refractivity contribution in [1.82, 2.24) is 9.97 Å². The van der Waals surface area contributed by atoms with Crippen molar-refractivity contribution in [3.8, 4) is 0 Å². The van der Waals surface area contributed by atoms with E-state index in [2.05, 4.69) is 9.97 Å². The van der Waals surface area contributed by atoms with Crippen molar-refractivity contribution in [2.24, 2.45) is 0 Å². The molecule has 2 heterocycles. The van der Waals surface area contributed by atoms with Gasteiger partial charge in [0.25, 0.3) is 0 Å². The van der Waals surface area contributed by atoms with Crippen molar-refractivity contribution in [3.63, 3.8) is 0 Å². The normalized spacial score (nSPS) is 14.8. The fraction of sp³-hybridized carbons (Fsp3) is 0.571. The first-order chi connectivity index (χ1) is 9.40. The molecule has 1 aliphatic rings. The van der Waals surface area contributed by atoms with Crippen LogP contribution in [0.3, 0.4) is 0 Å². The van der Waals surface area contributed by atoms with Gasteiger partial charge in [-0.15, -0.1) is 23.1 Å². The Kier molecular flexibility index (Phi) is 4.35. The molecule has 0 radical (unpaired) electrons. The molecule has 2 aromatic heterocycles. The van der Waals surface area contributed by atoms with Crippen molar-refractivity contribution in [3.05, 3.63) is 16.8 Å². The Morgan fingerprint density at radius 2 is 2.21 bits per heavy atom. The molecule has 0 N–H and O–H groups in total. The quantitative estimate of drug-likeness (QED) is 0.478. The number of nitrogens with zero attached hydrogens (tertiary/aromatic N) is 2. The molecule has 0 atom stereocenters. The molecule has 102 valence electrons. The Bertz CT molecular complexity index is 568. The lowest BCUT2D eigenvalue weighted by molar-refractivity contribution is 0.164. The summed E-state index contributed by atoms with van der Waals surface area (Å²) in [6, 6.07) is 0. The largest absolute Gasteiger partial charge is 0.381 e. The maximum Gasteiger partial charge on any atom is 0.128 e. The number of rotatable bonds is 5. The molecule has 0 spiro atoms. The highest BCUT2D eigenvalue weighted by atomic mass is 32.2. The summed E-state index contributed by atoms with van der Waals surface area (Å²) in [5.74, 6) is 0.963. The second-order valence-corrected chi connectivity index (χ2v) is 6.78. The van der Waals surface area contributed by atoms with Crippen LogP contribution < -0.4 is 0 Å². The standard InChI is InChI=1S/C14H18N2OS2/c1-2-17-7-8-18-13-12-10-5-3-4-6-11(10)19-14(12)16-9-15-13/h9H,2-8H2,1H3. The molecule has 2 aromatic rings. The van der Waals surface area contributed by atoms with E-state index in [0.717, 1.165) is 24.0 Å². The van der Waals surface area contributed by atoms with Crippen LogP contribution in [0.1, 0.15) is 30.2 Å². The van der Waals surface area contributed by atoms with Crippen LogP contribution in [0.15, 0.2) is 11.4 Å². The van der Waals surface area contributed by atoms with E-state index in [0.29, 0.717) is 0 Å². The van der Waals surface area contributed by atoms with Gasteiger partial charge in [-0.25, -0.2) is 9.97 Å². The third-order valence-corrected chi connectivity index (χ3v) is 5.54. The van der Waals surface area contributed by atoms with Gasteiger partial charge < -0.3 is 4.74 Å². The number of aryl methyl sites for hydroxylation is 2. The van der Waals surface area contributed by atoms with Crippen LogP contribution >= 0.6 is 23.1 Å². The summed E-state index contributed by atoms with van der Waals surface area (Å²) in [5, 5.41) is 2.47. The molecular weight excluding hydrogens is 276 g/mol. The van der Waals surface area contributed by atoms with Crippen LogP contribution in [0.5, 0.6) is 0 Å². The number of fused-ring (bicyclic) bond motifs is 3. The molecule has 0 bridgehead atoms. The monoisotopic (exact) mass is 294 g/mol. The third kappa shape index (κ3) is 2.78. The summed E-state index contributed by atoms with van der Waals surface area (Å²) in [6.45, 7) is 3.61. The summed E-state index contributed by atoms with van der Waals surface area (Å²) >= 11 is 3.66. The van der Waals surface area contributed by atoms with E-state index in [4.69, 9.17) is 4.74 Å². The van der Waals surface area contributed by atoms with Crippen molar-refractivity contribution < 1.29 is 4.74 Å². The Morgan fingerprint density at radius 1 is 1.32 bits per heavy atom. The summed E-state index contributed by atoms with van der Waals surface area (Å²) in [4.78, 5) is 11.6. The van der Waals surface area contributed by atoms with E-state index in [-0.39, 0.29) is 0 Å². The lowest BCUT2D eigenvalue weighted by atomic mass is 9.97. The van der Waals surface area contributed by atoms with Gasteiger partial charge in [-0.1, -0.05) is 0 Å². The van der Waals surface area contributed by atoms with Crippen LogP contribution in [0, 0.1) is 0 Å². The maximum absolute atomic E-state index is 5.40. The van der Waals surface area contributed by atoms with Gasteiger partial charge in [0.05, 0.1) is 6.61 Å². The molecule has 0 unspecified atom stereocenters. The Labute approximate surface area is 121 Å². The second kappa shape index (κ2) is 6.20. The highest BCUT2D eigenvalue weighted by Gasteiger charge is 2.19. The van der Waals surface area contributed by atoms with E-state index in [1.807, 2.05) is 18.3 Å². The molecule has 3 rings (SSSR count). The number of thiophene rings is 1. The molecule has 0 aliphatic heterocycles. The van der Waals surface area contributed by atoms with Crippen molar-refractivity contribution >= 4 is 33.3 Å². The van der Waals surface area contributed by atoms with E-state index in [1.165, 1.54) is 46.3 Å². The maximum atomic E-state index is 5.40. The van der Waals surface area contributed by atoms with Gasteiger partial charge >= 0.3 is 0 Å². The van der Waals surface area contributed by atoms with Gasteiger partial charge in [0, 0.05) is 22.6 Å². The summed E-state index contributed by atoms with van der Waals surface area (Å²) in [5.41, 5.74) is 1.52. The highest BCUT2D eigenvalue weighted by molar-refractivity contribution is 7.99.